The number of aromatic nitrogens is 4. The SMILES string of the molecule is COc1cnc(Nc2ccc(CN3CCN(C(C)C)CC3)cn2)nc1-c1ccc2ncsc2c1. The van der Waals surface area contributed by atoms with E-state index in [1.165, 1.54) is 5.56 Å². The molecule has 4 aromatic rings. The number of hydrogen-bond donors (Lipinski definition) is 1. The van der Waals surface area contributed by atoms with E-state index in [9.17, 15) is 0 Å². The number of ether oxygens (including phenoxy) is 1. The van der Waals surface area contributed by atoms with Crippen LogP contribution >= 0.6 is 11.3 Å². The zero-order valence-corrected chi connectivity index (χ0v) is 20.5. The second kappa shape index (κ2) is 10.0. The second-order valence-corrected chi connectivity index (χ2v) is 9.61. The van der Waals surface area contributed by atoms with E-state index in [1.807, 2.05) is 29.9 Å². The largest absolute Gasteiger partial charge is 0.493 e. The van der Waals surface area contributed by atoms with Gasteiger partial charge in [0.05, 0.1) is 29.0 Å². The molecule has 0 unspecified atom stereocenters. The summed E-state index contributed by atoms with van der Waals surface area (Å²) in [6.07, 6.45) is 3.62. The van der Waals surface area contributed by atoms with Crippen molar-refractivity contribution in [3.05, 3.63) is 53.8 Å². The molecule has 0 amide bonds. The number of methoxy groups -OCH3 is 1. The monoisotopic (exact) mass is 475 g/mol. The lowest BCUT2D eigenvalue weighted by Crippen LogP contribution is -2.48. The van der Waals surface area contributed by atoms with Gasteiger partial charge in [0.2, 0.25) is 5.95 Å². The van der Waals surface area contributed by atoms with Crippen molar-refractivity contribution in [1.82, 2.24) is 29.7 Å². The van der Waals surface area contributed by atoms with Crippen LogP contribution < -0.4 is 10.1 Å². The second-order valence-electron chi connectivity index (χ2n) is 8.73. The fourth-order valence-electron chi connectivity index (χ4n) is 4.19. The zero-order chi connectivity index (χ0) is 23.5. The minimum absolute atomic E-state index is 0.477. The molecule has 8 nitrogen and oxygen atoms in total. The van der Waals surface area contributed by atoms with Gasteiger partial charge in [-0.1, -0.05) is 12.1 Å². The first-order valence-corrected chi connectivity index (χ1v) is 12.4. The number of nitrogens with one attached hydrogen (secondary N) is 1. The average molecular weight is 476 g/mol. The van der Waals surface area contributed by atoms with Crippen LogP contribution in [0.2, 0.25) is 0 Å². The van der Waals surface area contributed by atoms with Crippen molar-refractivity contribution in [3.63, 3.8) is 0 Å². The summed E-state index contributed by atoms with van der Waals surface area (Å²) in [4.78, 5) is 23.1. The Bertz CT molecular complexity index is 1250. The molecule has 1 fully saturated rings. The molecular weight excluding hydrogens is 446 g/mol. The molecule has 0 saturated carbocycles. The minimum Gasteiger partial charge on any atom is -0.493 e. The summed E-state index contributed by atoms with van der Waals surface area (Å²) in [5.74, 6) is 1.81. The van der Waals surface area contributed by atoms with Crippen molar-refractivity contribution < 1.29 is 4.74 Å². The van der Waals surface area contributed by atoms with Crippen molar-refractivity contribution in [2.24, 2.45) is 0 Å². The first-order chi connectivity index (χ1) is 16.6. The van der Waals surface area contributed by atoms with E-state index in [0.717, 1.165) is 54.2 Å². The summed E-state index contributed by atoms with van der Waals surface area (Å²) >= 11 is 1.60. The standard InChI is InChI=1S/C25H29N7OS/c1-17(2)32-10-8-31(9-11-32)15-18-4-7-23(26-13-18)29-25-27-14-21(33-3)24(30-25)19-5-6-20-22(12-19)34-16-28-20/h4-7,12-14,16-17H,8-11,15H2,1-3H3,(H,26,27,29,30). The van der Waals surface area contributed by atoms with Crippen LogP contribution in [0.5, 0.6) is 5.75 Å². The van der Waals surface area contributed by atoms with Crippen LogP contribution in [-0.4, -0.2) is 69.1 Å². The Hall–Kier alpha value is -3.14. The van der Waals surface area contributed by atoms with Gasteiger partial charge in [-0.2, -0.15) is 0 Å². The van der Waals surface area contributed by atoms with Gasteiger partial charge in [0.25, 0.3) is 0 Å². The predicted octanol–water partition coefficient (Wildman–Crippen LogP) is 4.43. The number of fused-ring (bicyclic) bond motifs is 1. The van der Waals surface area contributed by atoms with Crippen LogP contribution in [-0.2, 0) is 6.54 Å². The number of nitrogens with zero attached hydrogens (tertiary/aromatic N) is 6. The maximum Gasteiger partial charge on any atom is 0.229 e. The Balaban J connectivity index is 1.27. The van der Waals surface area contributed by atoms with Crippen LogP contribution in [0, 0.1) is 0 Å². The number of piperazine rings is 1. The van der Waals surface area contributed by atoms with Gasteiger partial charge in [-0.15, -0.1) is 11.3 Å². The summed E-state index contributed by atoms with van der Waals surface area (Å²) in [5.41, 5.74) is 5.72. The molecule has 4 heterocycles. The van der Waals surface area contributed by atoms with Crippen LogP contribution in [0.15, 0.2) is 48.2 Å². The third-order valence-electron chi connectivity index (χ3n) is 6.19. The van der Waals surface area contributed by atoms with Gasteiger partial charge in [0, 0.05) is 50.5 Å². The van der Waals surface area contributed by atoms with Gasteiger partial charge in [-0.3, -0.25) is 9.80 Å². The normalized spacial score (nSPS) is 15.2. The van der Waals surface area contributed by atoms with E-state index in [2.05, 4.69) is 56.0 Å². The highest BCUT2D eigenvalue weighted by Crippen LogP contribution is 2.31. The van der Waals surface area contributed by atoms with Gasteiger partial charge in [0.15, 0.2) is 5.75 Å². The number of benzene rings is 1. The topological polar surface area (TPSA) is 79.3 Å². The Morgan fingerprint density at radius 1 is 1.03 bits per heavy atom. The van der Waals surface area contributed by atoms with Crippen LogP contribution in [0.3, 0.4) is 0 Å². The minimum atomic E-state index is 0.477. The van der Waals surface area contributed by atoms with Crippen molar-refractivity contribution in [2.75, 3.05) is 38.6 Å². The molecule has 0 aliphatic carbocycles. The van der Waals surface area contributed by atoms with Crippen LogP contribution in [0.1, 0.15) is 19.4 Å². The molecule has 1 aliphatic heterocycles. The van der Waals surface area contributed by atoms with E-state index in [0.29, 0.717) is 23.6 Å². The van der Waals surface area contributed by atoms with Gasteiger partial charge in [0.1, 0.15) is 11.5 Å². The molecule has 0 atom stereocenters. The first kappa shape index (κ1) is 22.6. The van der Waals surface area contributed by atoms with Gasteiger partial charge in [-0.05, 0) is 37.6 Å². The van der Waals surface area contributed by atoms with E-state index in [4.69, 9.17) is 9.72 Å². The predicted molar refractivity (Wildman–Crippen MR) is 137 cm³/mol. The Morgan fingerprint density at radius 3 is 2.62 bits per heavy atom. The summed E-state index contributed by atoms with van der Waals surface area (Å²) in [5, 5.41) is 3.23. The molecule has 0 bridgehead atoms. The van der Waals surface area contributed by atoms with Gasteiger partial charge in [-0.25, -0.2) is 19.9 Å². The summed E-state index contributed by atoms with van der Waals surface area (Å²) in [6, 6.07) is 10.8. The van der Waals surface area contributed by atoms with Crippen molar-refractivity contribution in [3.8, 4) is 17.0 Å². The highest BCUT2D eigenvalue weighted by atomic mass is 32.1. The summed E-state index contributed by atoms with van der Waals surface area (Å²) in [7, 11) is 1.63. The Kier molecular flexibility index (Phi) is 6.66. The van der Waals surface area contributed by atoms with E-state index in [-0.39, 0.29) is 0 Å². The quantitative estimate of drug-likeness (QED) is 0.421. The highest BCUT2D eigenvalue weighted by molar-refractivity contribution is 7.16. The fourth-order valence-corrected chi connectivity index (χ4v) is 4.91. The van der Waals surface area contributed by atoms with Crippen LogP contribution in [0.4, 0.5) is 11.8 Å². The van der Waals surface area contributed by atoms with Crippen molar-refractivity contribution >= 4 is 33.3 Å². The summed E-state index contributed by atoms with van der Waals surface area (Å²) in [6.45, 7) is 9.88. The molecular formula is C25H29N7OS. The average Bonchev–Trinajstić information content (AvgIpc) is 3.33. The highest BCUT2D eigenvalue weighted by Gasteiger charge is 2.19. The number of rotatable bonds is 7. The number of thiazole rings is 1. The smallest absolute Gasteiger partial charge is 0.229 e. The molecule has 1 N–H and O–H groups in total. The fraction of sp³-hybridized carbons (Fsp3) is 0.360. The number of anilines is 2. The zero-order valence-electron chi connectivity index (χ0n) is 19.7. The van der Waals surface area contributed by atoms with Gasteiger partial charge >= 0.3 is 0 Å². The molecule has 0 spiro atoms. The molecule has 1 aromatic carbocycles. The molecule has 0 radical (unpaired) electrons. The molecule has 1 aliphatic rings. The molecule has 176 valence electrons. The van der Waals surface area contributed by atoms with E-state index < -0.39 is 0 Å². The lowest BCUT2D eigenvalue weighted by molar-refractivity contribution is 0.104. The van der Waals surface area contributed by atoms with Crippen molar-refractivity contribution in [2.45, 2.75) is 26.4 Å². The number of hydrogen-bond acceptors (Lipinski definition) is 9. The van der Waals surface area contributed by atoms with E-state index >= 15 is 0 Å². The van der Waals surface area contributed by atoms with Crippen LogP contribution in [0.25, 0.3) is 21.5 Å². The third-order valence-corrected chi connectivity index (χ3v) is 6.98. The lowest BCUT2D eigenvalue weighted by atomic mass is 10.1. The first-order valence-electron chi connectivity index (χ1n) is 11.5. The van der Waals surface area contributed by atoms with Crippen molar-refractivity contribution in [1.29, 1.82) is 0 Å². The maximum absolute atomic E-state index is 5.52. The van der Waals surface area contributed by atoms with Gasteiger partial charge < -0.3 is 10.1 Å². The number of pyridine rings is 1. The summed E-state index contributed by atoms with van der Waals surface area (Å²) < 4.78 is 6.62. The Labute approximate surface area is 203 Å². The molecule has 1 saturated heterocycles. The van der Waals surface area contributed by atoms with E-state index in [1.54, 1.807) is 24.6 Å². The third kappa shape index (κ3) is 5.01. The molecule has 9 heteroatoms. The Morgan fingerprint density at radius 2 is 1.88 bits per heavy atom. The molecule has 5 rings (SSSR count). The maximum atomic E-state index is 5.52. The molecule has 3 aromatic heterocycles. The lowest BCUT2D eigenvalue weighted by Gasteiger charge is -2.36. The molecule has 34 heavy (non-hydrogen) atoms.